The van der Waals surface area contributed by atoms with Crippen molar-refractivity contribution in [3.05, 3.63) is 48.2 Å². The van der Waals surface area contributed by atoms with Gasteiger partial charge in [0.15, 0.2) is 0 Å². The highest BCUT2D eigenvalue weighted by Gasteiger charge is 2.05. The molecule has 2 heterocycles. The molecule has 0 aliphatic carbocycles. The lowest BCUT2D eigenvalue weighted by atomic mass is 10.1. The first-order chi connectivity index (χ1) is 8.24. The molecule has 0 saturated carbocycles. The normalized spacial score (nSPS) is 10.9. The van der Waals surface area contributed by atoms with E-state index in [0.717, 1.165) is 22.6 Å². The van der Waals surface area contributed by atoms with Gasteiger partial charge < -0.3 is 10.7 Å². The van der Waals surface area contributed by atoms with Crippen LogP contribution in [0.2, 0.25) is 0 Å². The van der Waals surface area contributed by atoms with Crippen molar-refractivity contribution in [2.75, 3.05) is 5.73 Å². The molecule has 0 saturated heterocycles. The molecule has 3 nitrogen and oxygen atoms in total. The van der Waals surface area contributed by atoms with Gasteiger partial charge in [0.1, 0.15) is 0 Å². The highest BCUT2D eigenvalue weighted by atomic mass is 14.8. The van der Waals surface area contributed by atoms with E-state index in [0.29, 0.717) is 0 Å². The molecule has 0 aliphatic rings. The predicted octanol–water partition coefficient (Wildman–Crippen LogP) is 3.12. The molecule has 3 rings (SSSR count). The number of rotatable bonds is 1. The van der Waals surface area contributed by atoms with Crippen LogP contribution in [0.4, 0.5) is 5.69 Å². The van der Waals surface area contributed by atoms with Gasteiger partial charge in [-0.15, -0.1) is 0 Å². The Labute approximate surface area is 99.3 Å². The molecule has 0 radical (unpaired) electrons. The van der Waals surface area contributed by atoms with Gasteiger partial charge in [0.25, 0.3) is 0 Å². The Morgan fingerprint density at radius 3 is 2.82 bits per heavy atom. The molecular weight excluding hydrogens is 210 g/mol. The van der Waals surface area contributed by atoms with E-state index in [9.17, 15) is 0 Å². The maximum Gasteiger partial charge on any atom is 0.0885 e. The Bertz CT molecular complexity index is 683. The van der Waals surface area contributed by atoms with Crippen molar-refractivity contribution in [2.45, 2.75) is 6.92 Å². The second kappa shape index (κ2) is 3.63. The average Bonchev–Trinajstić information content (AvgIpc) is 2.74. The number of aromatic amines is 1. The number of nitrogen functional groups attached to an aromatic ring is 1. The minimum absolute atomic E-state index is 0.727. The van der Waals surface area contributed by atoms with E-state index in [2.05, 4.69) is 35.1 Å². The number of aromatic nitrogens is 2. The van der Waals surface area contributed by atoms with Gasteiger partial charge in [0, 0.05) is 22.8 Å². The molecule has 0 unspecified atom stereocenters. The predicted molar refractivity (Wildman–Crippen MR) is 70.7 cm³/mol. The number of anilines is 1. The van der Waals surface area contributed by atoms with Gasteiger partial charge in [0.05, 0.1) is 11.4 Å². The van der Waals surface area contributed by atoms with Gasteiger partial charge in [0.2, 0.25) is 0 Å². The summed E-state index contributed by atoms with van der Waals surface area (Å²) >= 11 is 0. The highest BCUT2D eigenvalue weighted by Crippen LogP contribution is 2.25. The fourth-order valence-corrected chi connectivity index (χ4v) is 2.04. The third kappa shape index (κ3) is 1.65. The molecule has 0 aliphatic heterocycles. The summed E-state index contributed by atoms with van der Waals surface area (Å²) in [7, 11) is 0. The van der Waals surface area contributed by atoms with E-state index < -0.39 is 0 Å². The first kappa shape index (κ1) is 9.90. The van der Waals surface area contributed by atoms with Crippen molar-refractivity contribution >= 4 is 16.6 Å². The Morgan fingerprint density at radius 2 is 2.06 bits per heavy atom. The van der Waals surface area contributed by atoms with Crippen LogP contribution >= 0.6 is 0 Å². The Hall–Kier alpha value is -2.29. The lowest BCUT2D eigenvalue weighted by Crippen LogP contribution is -1.88. The van der Waals surface area contributed by atoms with Crippen LogP contribution in [-0.2, 0) is 0 Å². The van der Waals surface area contributed by atoms with E-state index in [1.165, 1.54) is 10.9 Å². The zero-order valence-electron chi connectivity index (χ0n) is 9.57. The van der Waals surface area contributed by atoms with Crippen LogP contribution < -0.4 is 5.73 Å². The first-order valence-corrected chi connectivity index (χ1v) is 5.54. The molecule has 3 heteroatoms. The van der Waals surface area contributed by atoms with Crippen molar-refractivity contribution in [3.8, 4) is 11.4 Å². The third-order valence-electron chi connectivity index (χ3n) is 2.94. The fraction of sp³-hybridized carbons (Fsp3) is 0.0714. The number of hydrogen-bond acceptors (Lipinski definition) is 2. The number of nitrogens with zero attached hydrogens (tertiary/aromatic N) is 1. The number of benzene rings is 1. The second-order valence-corrected chi connectivity index (χ2v) is 4.19. The molecule has 0 fully saturated rings. The lowest BCUT2D eigenvalue weighted by molar-refractivity contribution is 1.29. The summed E-state index contributed by atoms with van der Waals surface area (Å²) in [6.07, 6.45) is 1.73. The number of nitrogens with two attached hydrogens (primary N) is 1. The third-order valence-corrected chi connectivity index (χ3v) is 2.94. The summed E-state index contributed by atoms with van der Waals surface area (Å²) in [4.78, 5) is 7.69. The summed E-state index contributed by atoms with van der Waals surface area (Å²) in [5, 5.41) is 1.23. The molecule has 0 atom stereocenters. The summed E-state index contributed by atoms with van der Waals surface area (Å²) in [5.41, 5.74) is 10.8. The van der Waals surface area contributed by atoms with E-state index in [1.807, 2.05) is 12.1 Å². The van der Waals surface area contributed by atoms with Crippen LogP contribution in [0.5, 0.6) is 0 Å². The number of hydrogen-bond donors (Lipinski definition) is 2. The summed E-state index contributed by atoms with van der Waals surface area (Å²) < 4.78 is 0. The van der Waals surface area contributed by atoms with E-state index >= 15 is 0 Å². The van der Waals surface area contributed by atoms with Crippen LogP contribution in [0, 0.1) is 6.92 Å². The standard InChI is InChI=1S/C14H13N3/c1-9-3-2-4-12-11(9)8-14(17-12)13-7-10(15)5-6-16-13/h2-8,17H,1H3,(H2,15,16). The van der Waals surface area contributed by atoms with E-state index in [4.69, 9.17) is 5.73 Å². The Kier molecular flexibility index (Phi) is 2.11. The van der Waals surface area contributed by atoms with Gasteiger partial charge in [-0.05, 0) is 36.8 Å². The zero-order valence-corrected chi connectivity index (χ0v) is 9.57. The van der Waals surface area contributed by atoms with Crippen molar-refractivity contribution < 1.29 is 0 Å². The Morgan fingerprint density at radius 1 is 1.18 bits per heavy atom. The molecule has 3 aromatic rings. The van der Waals surface area contributed by atoms with Crippen LogP contribution in [0.1, 0.15) is 5.56 Å². The van der Waals surface area contributed by atoms with Crippen molar-refractivity contribution in [2.24, 2.45) is 0 Å². The molecule has 0 amide bonds. The maximum absolute atomic E-state index is 5.77. The molecule has 84 valence electrons. The number of H-pyrrole nitrogens is 1. The molecule has 0 bridgehead atoms. The number of aryl methyl sites for hydroxylation is 1. The monoisotopic (exact) mass is 223 g/mol. The maximum atomic E-state index is 5.77. The number of fused-ring (bicyclic) bond motifs is 1. The van der Waals surface area contributed by atoms with Crippen molar-refractivity contribution in [1.82, 2.24) is 9.97 Å². The van der Waals surface area contributed by atoms with Gasteiger partial charge in [-0.1, -0.05) is 12.1 Å². The van der Waals surface area contributed by atoms with E-state index in [-0.39, 0.29) is 0 Å². The van der Waals surface area contributed by atoms with Gasteiger partial charge in [-0.2, -0.15) is 0 Å². The van der Waals surface area contributed by atoms with Crippen molar-refractivity contribution in [1.29, 1.82) is 0 Å². The molecular formula is C14H13N3. The van der Waals surface area contributed by atoms with Crippen LogP contribution in [0.25, 0.3) is 22.3 Å². The van der Waals surface area contributed by atoms with Gasteiger partial charge >= 0.3 is 0 Å². The fourth-order valence-electron chi connectivity index (χ4n) is 2.04. The number of pyridine rings is 1. The topological polar surface area (TPSA) is 54.7 Å². The average molecular weight is 223 g/mol. The molecule has 3 N–H and O–H groups in total. The van der Waals surface area contributed by atoms with Crippen LogP contribution in [0.15, 0.2) is 42.6 Å². The SMILES string of the molecule is Cc1cccc2[nH]c(-c3cc(N)ccn3)cc12. The lowest BCUT2D eigenvalue weighted by Gasteiger charge is -1.97. The second-order valence-electron chi connectivity index (χ2n) is 4.19. The quantitative estimate of drug-likeness (QED) is 0.666. The Balaban J connectivity index is 2.22. The van der Waals surface area contributed by atoms with Crippen LogP contribution in [-0.4, -0.2) is 9.97 Å². The highest BCUT2D eigenvalue weighted by molar-refractivity contribution is 5.88. The summed E-state index contributed by atoms with van der Waals surface area (Å²) in [5.74, 6) is 0. The zero-order chi connectivity index (χ0) is 11.8. The smallest absolute Gasteiger partial charge is 0.0885 e. The van der Waals surface area contributed by atoms with Gasteiger partial charge in [-0.25, -0.2) is 0 Å². The molecule has 17 heavy (non-hydrogen) atoms. The molecule has 0 spiro atoms. The number of nitrogens with one attached hydrogen (secondary N) is 1. The minimum Gasteiger partial charge on any atom is -0.399 e. The largest absolute Gasteiger partial charge is 0.399 e. The molecule has 2 aromatic heterocycles. The summed E-state index contributed by atoms with van der Waals surface area (Å²) in [6.45, 7) is 2.10. The van der Waals surface area contributed by atoms with Crippen molar-refractivity contribution in [3.63, 3.8) is 0 Å². The first-order valence-electron chi connectivity index (χ1n) is 5.54. The van der Waals surface area contributed by atoms with E-state index in [1.54, 1.807) is 12.3 Å². The molecule has 1 aromatic carbocycles. The van der Waals surface area contributed by atoms with Gasteiger partial charge in [-0.3, -0.25) is 4.98 Å². The summed E-state index contributed by atoms with van der Waals surface area (Å²) in [6, 6.07) is 12.0. The minimum atomic E-state index is 0.727. The van der Waals surface area contributed by atoms with Crippen LogP contribution in [0.3, 0.4) is 0 Å².